The molecular formula is C23H26N6O2. The van der Waals surface area contributed by atoms with Gasteiger partial charge >= 0.3 is 0 Å². The molecule has 0 N–H and O–H groups in total. The summed E-state index contributed by atoms with van der Waals surface area (Å²) in [5, 5.41) is 11.1. The molecule has 0 unspecified atom stereocenters. The Kier molecular flexibility index (Phi) is 6.66. The Bertz CT molecular complexity index is 981. The molecule has 1 saturated heterocycles. The first-order chi connectivity index (χ1) is 15.2. The van der Waals surface area contributed by atoms with Crippen LogP contribution in [0.2, 0.25) is 0 Å². The molecule has 1 aliphatic heterocycles. The van der Waals surface area contributed by atoms with Crippen molar-refractivity contribution in [2.24, 2.45) is 0 Å². The van der Waals surface area contributed by atoms with Crippen molar-refractivity contribution < 1.29 is 9.59 Å². The van der Waals surface area contributed by atoms with Gasteiger partial charge in [-0.3, -0.25) is 9.59 Å². The lowest BCUT2D eigenvalue weighted by atomic mass is 10.1. The molecule has 4 rings (SSSR count). The summed E-state index contributed by atoms with van der Waals surface area (Å²) >= 11 is 0. The summed E-state index contributed by atoms with van der Waals surface area (Å²) in [7, 11) is 0. The average Bonchev–Trinajstić information content (AvgIpc) is 3.35. The summed E-state index contributed by atoms with van der Waals surface area (Å²) in [5.41, 5.74) is 3.05. The Morgan fingerprint density at radius 1 is 0.806 bits per heavy atom. The number of aromatic nitrogens is 4. The summed E-state index contributed by atoms with van der Waals surface area (Å²) in [6.45, 7) is 2.39. The maximum absolute atomic E-state index is 12.7. The zero-order valence-corrected chi connectivity index (χ0v) is 17.4. The second-order valence-corrected chi connectivity index (χ2v) is 7.70. The molecule has 1 aromatic heterocycles. The van der Waals surface area contributed by atoms with Crippen molar-refractivity contribution in [1.29, 1.82) is 0 Å². The van der Waals surface area contributed by atoms with Crippen LogP contribution >= 0.6 is 0 Å². The molecule has 0 spiro atoms. The molecule has 2 amide bonds. The molecule has 160 valence electrons. The fourth-order valence-electron chi connectivity index (χ4n) is 3.78. The Hall–Kier alpha value is -3.55. The number of tetrazole rings is 1. The summed E-state index contributed by atoms with van der Waals surface area (Å²) in [6, 6.07) is 17.9. The van der Waals surface area contributed by atoms with Crippen molar-refractivity contribution in [3.05, 3.63) is 72.1 Å². The van der Waals surface area contributed by atoms with Crippen LogP contribution in [0.1, 0.15) is 24.0 Å². The molecule has 2 aromatic carbocycles. The predicted molar refractivity (Wildman–Crippen MR) is 115 cm³/mol. The van der Waals surface area contributed by atoms with E-state index in [2.05, 4.69) is 27.7 Å². The highest BCUT2D eigenvalue weighted by atomic mass is 16.2. The van der Waals surface area contributed by atoms with Crippen LogP contribution in [0.4, 0.5) is 0 Å². The topological polar surface area (TPSA) is 84.2 Å². The summed E-state index contributed by atoms with van der Waals surface area (Å²) in [5.74, 6) is 0.271. The number of carbonyl (C=O) groups is 2. The van der Waals surface area contributed by atoms with Crippen LogP contribution in [0.25, 0.3) is 5.69 Å². The van der Waals surface area contributed by atoms with Crippen LogP contribution in [0.5, 0.6) is 0 Å². The molecule has 8 nitrogen and oxygen atoms in total. The summed E-state index contributed by atoms with van der Waals surface area (Å²) < 4.78 is 1.57. The van der Waals surface area contributed by atoms with Crippen molar-refractivity contribution in [1.82, 2.24) is 30.0 Å². The lowest BCUT2D eigenvalue weighted by molar-refractivity contribution is -0.139. The predicted octanol–water partition coefficient (Wildman–Crippen LogP) is 1.90. The molecule has 1 aliphatic rings. The molecule has 0 radical (unpaired) electrons. The highest BCUT2D eigenvalue weighted by Crippen LogP contribution is 2.12. The van der Waals surface area contributed by atoms with Crippen molar-refractivity contribution in [2.75, 3.05) is 26.2 Å². The number of hydrogen-bond donors (Lipinski definition) is 0. The molecule has 2 heterocycles. The minimum absolute atomic E-state index is 0.0892. The van der Waals surface area contributed by atoms with Crippen molar-refractivity contribution in [2.45, 2.75) is 25.7 Å². The molecule has 1 fully saturated rings. The van der Waals surface area contributed by atoms with Gasteiger partial charge in [-0.15, -0.1) is 5.10 Å². The molecule has 0 saturated carbocycles. The van der Waals surface area contributed by atoms with E-state index in [4.69, 9.17) is 0 Å². The van der Waals surface area contributed by atoms with Crippen LogP contribution in [0.3, 0.4) is 0 Å². The van der Waals surface area contributed by atoms with E-state index in [9.17, 15) is 9.59 Å². The number of amides is 2. The monoisotopic (exact) mass is 418 g/mol. The average molecular weight is 419 g/mol. The van der Waals surface area contributed by atoms with E-state index in [-0.39, 0.29) is 11.8 Å². The Morgan fingerprint density at radius 3 is 2.13 bits per heavy atom. The van der Waals surface area contributed by atoms with Gasteiger partial charge in [0, 0.05) is 32.6 Å². The third-order valence-corrected chi connectivity index (χ3v) is 5.59. The Morgan fingerprint density at radius 2 is 1.48 bits per heavy atom. The van der Waals surface area contributed by atoms with Gasteiger partial charge in [0.15, 0.2) is 0 Å². The third-order valence-electron chi connectivity index (χ3n) is 5.59. The minimum atomic E-state index is 0.0892. The number of carbonyl (C=O) groups excluding carboxylic acids is 2. The summed E-state index contributed by atoms with van der Waals surface area (Å²) in [6.07, 6.45) is 4.19. The van der Waals surface area contributed by atoms with Crippen LogP contribution in [0, 0.1) is 0 Å². The van der Waals surface area contributed by atoms with E-state index in [1.54, 1.807) is 4.68 Å². The minimum Gasteiger partial charge on any atom is -0.339 e. The van der Waals surface area contributed by atoms with E-state index in [1.165, 1.54) is 11.9 Å². The van der Waals surface area contributed by atoms with E-state index in [0.29, 0.717) is 39.0 Å². The standard InChI is InChI=1S/C23H26N6O2/c30-22(8-4-7-19-5-2-1-3-6-19)27-13-15-28(16-14-27)23(31)17-20-9-11-21(12-10-20)29-18-24-25-26-29/h1-3,5-6,9-12,18H,4,7-8,13-17H2. The smallest absolute Gasteiger partial charge is 0.227 e. The fourth-order valence-corrected chi connectivity index (χ4v) is 3.78. The lowest BCUT2D eigenvalue weighted by Gasteiger charge is -2.35. The molecule has 0 atom stereocenters. The fraction of sp³-hybridized carbons (Fsp3) is 0.348. The first-order valence-corrected chi connectivity index (χ1v) is 10.6. The van der Waals surface area contributed by atoms with Crippen molar-refractivity contribution in [3.8, 4) is 5.69 Å². The van der Waals surface area contributed by atoms with Crippen LogP contribution in [-0.4, -0.2) is 68.0 Å². The highest BCUT2D eigenvalue weighted by Gasteiger charge is 2.23. The quantitative estimate of drug-likeness (QED) is 0.585. The van der Waals surface area contributed by atoms with Gasteiger partial charge in [-0.1, -0.05) is 42.5 Å². The van der Waals surface area contributed by atoms with Crippen molar-refractivity contribution in [3.63, 3.8) is 0 Å². The second-order valence-electron chi connectivity index (χ2n) is 7.70. The van der Waals surface area contributed by atoms with E-state index < -0.39 is 0 Å². The molecule has 0 bridgehead atoms. The number of aryl methyl sites for hydroxylation is 1. The largest absolute Gasteiger partial charge is 0.339 e. The van der Waals surface area contributed by atoms with Gasteiger partial charge in [-0.2, -0.15) is 0 Å². The molecule has 0 aliphatic carbocycles. The van der Waals surface area contributed by atoms with Gasteiger partial charge in [-0.25, -0.2) is 4.68 Å². The van der Waals surface area contributed by atoms with Crippen LogP contribution < -0.4 is 0 Å². The zero-order chi connectivity index (χ0) is 21.5. The van der Waals surface area contributed by atoms with Gasteiger partial charge in [-0.05, 0) is 46.5 Å². The third kappa shape index (κ3) is 5.53. The Labute approximate surface area is 181 Å². The SMILES string of the molecule is O=C(CCCc1ccccc1)N1CCN(C(=O)Cc2ccc(-n3cnnn3)cc2)CC1. The highest BCUT2D eigenvalue weighted by molar-refractivity contribution is 5.80. The number of rotatable bonds is 7. The molecule has 3 aromatic rings. The first kappa shape index (κ1) is 20.7. The van der Waals surface area contributed by atoms with Gasteiger partial charge in [0.05, 0.1) is 12.1 Å². The Balaban J connectivity index is 1.20. The maximum atomic E-state index is 12.7. The molecular weight excluding hydrogens is 392 g/mol. The van der Waals surface area contributed by atoms with Gasteiger partial charge < -0.3 is 9.80 Å². The van der Waals surface area contributed by atoms with Crippen LogP contribution in [-0.2, 0) is 22.4 Å². The molecule has 8 heteroatoms. The lowest BCUT2D eigenvalue weighted by Crippen LogP contribution is -2.51. The number of hydrogen-bond acceptors (Lipinski definition) is 5. The molecule has 31 heavy (non-hydrogen) atoms. The number of benzene rings is 2. The van der Waals surface area contributed by atoms with Gasteiger partial charge in [0.25, 0.3) is 0 Å². The number of piperazine rings is 1. The second kappa shape index (κ2) is 9.97. The zero-order valence-electron chi connectivity index (χ0n) is 17.4. The normalized spacial score (nSPS) is 13.9. The van der Waals surface area contributed by atoms with E-state index >= 15 is 0 Å². The maximum Gasteiger partial charge on any atom is 0.227 e. The van der Waals surface area contributed by atoms with Crippen molar-refractivity contribution >= 4 is 11.8 Å². The van der Waals surface area contributed by atoms with Crippen LogP contribution in [0.15, 0.2) is 60.9 Å². The van der Waals surface area contributed by atoms with Gasteiger partial charge in [0.2, 0.25) is 11.8 Å². The number of nitrogens with zero attached hydrogens (tertiary/aromatic N) is 6. The van der Waals surface area contributed by atoms with E-state index in [1.807, 2.05) is 52.3 Å². The van der Waals surface area contributed by atoms with E-state index in [0.717, 1.165) is 24.1 Å². The first-order valence-electron chi connectivity index (χ1n) is 10.6. The van der Waals surface area contributed by atoms with Gasteiger partial charge in [0.1, 0.15) is 6.33 Å². The summed E-state index contributed by atoms with van der Waals surface area (Å²) in [4.78, 5) is 28.9.